The van der Waals surface area contributed by atoms with E-state index in [-0.39, 0.29) is 10.6 Å². The molecule has 30 heavy (non-hydrogen) atoms. The lowest BCUT2D eigenvalue weighted by atomic mass is 10.2. The van der Waals surface area contributed by atoms with Gasteiger partial charge >= 0.3 is 5.69 Å². The summed E-state index contributed by atoms with van der Waals surface area (Å²) < 4.78 is 30.7. The lowest BCUT2D eigenvalue weighted by Gasteiger charge is -2.10. The smallest absolute Gasteiger partial charge is 0.323 e. The van der Waals surface area contributed by atoms with Crippen molar-refractivity contribution in [3.05, 3.63) is 59.4 Å². The Balaban J connectivity index is 1.87. The van der Waals surface area contributed by atoms with Crippen LogP contribution >= 0.6 is 0 Å². The molecule has 0 aliphatic rings. The monoisotopic (exact) mass is 423 g/mol. The summed E-state index contributed by atoms with van der Waals surface area (Å²) in [6, 6.07) is 10.2. The fourth-order valence-corrected chi connectivity index (χ4v) is 4.26. The minimum Gasteiger partial charge on any atom is -0.331 e. The van der Waals surface area contributed by atoms with Gasteiger partial charge in [-0.25, -0.2) is 27.9 Å². The van der Waals surface area contributed by atoms with E-state index in [9.17, 15) is 13.2 Å². The highest BCUT2D eigenvalue weighted by Gasteiger charge is 2.20. The molecule has 0 amide bonds. The second-order valence-electron chi connectivity index (χ2n) is 6.83. The van der Waals surface area contributed by atoms with Crippen LogP contribution in [-0.4, -0.2) is 44.5 Å². The third-order valence-corrected chi connectivity index (χ3v) is 6.42. The van der Waals surface area contributed by atoms with Gasteiger partial charge in [0, 0.05) is 12.7 Å². The lowest BCUT2D eigenvalue weighted by Crippen LogP contribution is -2.18. The molecule has 3 N–H and O–H groups in total. The van der Waals surface area contributed by atoms with E-state index in [1.165, 1.54) is 13.1 Å². The van der Waals surface area contributed by atoms with E-state index >= 15 is 0 Å². The number of aryl methyl sites for hydroxylation is 1. The van der Waals surface area contributed by atoms with Gasteiger partial charge in [-0.2, -0.15) is 0 Å². The zero-order valence-electron chi connectivity index (χ0n) is 16.0. The highest BCUT2D eigenvalue weighted by atomic mass is 32.2. The second kappa shape index (κ2) is 6.40. The molecule has 2 aromatic carbocycles. The molecule has 0 saturated carbocycles. The number of H-pyrrole nitrogens is 2. The van der Waals surface area contributed by atoms with Crippen LogP contribution in [0.15, 0.2) is 58.6 Å². The average molecular weight is 423 g/mol. The standard InChI is InChI=1S/C19H17N7O3S/c1-20-30(28,29)12-4-6-14-16(8-12)26(18(22-14)17-9-21-10-25(17)2)11-3-5-13-15(7-11)24-19(27)23-13/h3-10,20H,1-2H3,(H2,23,24,27). The number of benzene rings is 2. The molecule has 0 spiro atoms. The number of imidazole rings is 3. The van der Waals surface area contributed by atoms with Gasteiger partial charge in [-0.3, -0.25) is 4.57 Å². The third-order valence-electron chi connectivity index (χ3n) is 5.01. The van der Waals surface area contributed by atoms with Gasteiger partial charge in [0.1, 0.15) is 5.69 Å². The number of sulfonamides is 1. The van der Waals surface area contributed by atoms with Crippen molar-refractivity contribution in [2.24, 2.45) is 7.05 Å². The summed E-state index contributed by atoms with van der Waals surface area (Å²) >= 11 is 0. The number of aromatic nitrogens is 6. The van der Waals surface area contributed by atoms with Gasteiger partial charge in [0.25, 0.3) is 0 Å². The molecule has 0 aliphatic heterocycles. The van der Waals surface area contributed by atoms with Crippen LogP contribution in [0.3, 0.4) is 0 Å². The van der Waals surface area contributed by atoms with Crippen molar-refractivity contribution in [1.29, 1.82) is 0 Å². The van der Waals surface area contributed by atoms with Crippen molar-refractivity contribution in [3.63, 3.8) is 0 Å². The number of fused-ring (bicyclic) bond motifs is 2. The largest absolute Gasteiger partial charge is 0.331 e. The number of rotatable bonds is 4. The maximum atomic E-state index is 12.4. The molecule has 5 aromatic rings. The summed E-state index contributed by atoms with van der Waals surface area (Å²) in [7, 11) is -0.408. The molecule has 0 saturated heterocycles. The number of nitrogens with one attached hydrogen (secondary N) is 3. The van der Waals surface area contributed by atoms with Crippen molar-refractivity contribution in [1.82, 2.24) is 33.8 Å². The van der Waals surface area contributed by atoms with E-state index in [4.69, 9.17) is 4.98 Å². The molecule has 3 heterocycles. The molecule has 0 bridgehead atoms. The maximum absolute atomic E-state index is 12.4. The molecule has 5 rings (SSSR count). The van der Waals surface area contributed by atoms with E-state index in [2.05, 4.69) is 19.7 Å². The van der Waals surface area contributed by atoms with Gasteiger partial charge in [-0.15, -0.1) is 0 Å². The van der Waals surface area contributed by atoms with Crippen LogP contribution in [-0.2, 0) is 17.1 Å². The number of aromatic amines is 2. The van der Waals surface area contributed by atoms with Gasteiger partial charge in [-0.1, -0.05) is 0 Å². The highest BCUT2D eigenvalue weighted by Crippen LogP contribution is 2.30. The predicted octanol–water partition coefficient (Wildman–Crippen LogP) is 1.50. The van der Waals surface area contributed by atoms with Crippen LogP contribution in [0, 0.1) is 0 Å². The summed E-state index contributed by atoms with van der Waals surface area (Å²) in [6.45, 7) is 0. The zero-order valence-corrected chi connectivity index (χ0v) is 16.9. The van der Waals surface area contributed by atoms with Crippen molar-refractivity contribution in [2.45, 2.75) is 4.90 Å². The van der Waals surface area contributed by atoms with Gasteiger partial charge < -0.3 is 14.5 Å². The maximum Gasteiger partial charge on any atom is 0.323 e. The van der Waals surface area contributed by atoms with E-state index in [0.717, 1.165) is 11.4 Å². The molecule has 10 nitrogen and oxygen atoms in total. The van der Waals surface area contributed by atoms with Crippen molar-refractivity contribution >= 4 is 32.1 Å². The topological polar surface area (TPSA) is 130 Å². The van der Waals surface area contributed by atoms with Crippen LogP contribution < -0.4 is 10.4 Å². The zero-order chi connectivity index (χ0) is 21.0. The fourth-order valence-electron chi connectivity index (χ4n) is 3.51. The van der Waals surface area contributed by atoms with E-state index < -0.39 is 10.0 Å². The fraction of sp³-hybridized carbons (Fsp3) is 0.105. The molecule has 0 aliphatic carbocycles. The predicted molar refractivity (Wildman–Crippen MR) is 112 cm³/mol. The van der Waals surface area contributed by atoms with Gasteiger partial charge in [0.2, 0.25) is 10.0 Å². The molecule has 0 fully saturated rings. The van der Waals surface area contributed by atoms with E-state index in [1.54, 1.807) is 30.7 Å². The normalized spacial score (nSPS) is 12.2. The molecular weight excluding hydrogens is 406 g/mol. The summed E-state index contributed by atoms with van der Waals surface area (Å²) in [4.78, 5) is 26.2. The average Bonchev–Trinajstić information content (AvgIpc) is 3.41. The van der Waals surface area contributed by atoms with Crippen molar-refractivity contribution in [2.75, 3.05) is 7.05 Å². The van der Waals surface area contributed by atoms with Crippen molar-refractivity contribution in [3.8, 4) is 17.2 Å². The first-order valence-corrected chi connectivity index (χ1v) is 10.5. The van der Waals surface area contributed by atoms with E-state index in [1.807, 2.05) is 28.3 Å². The first kappa shape index (κ1) is 18.3. The molecule has 11 heteroatoms. The highest BCUT2D eigenvalue weighted by molar-refractivity contribution is 7.89. The molecule has 152 valence electrons. The van der Waals surface area contributed by atoms with Gasteiger partial charge in [0.05, 0.1) is 39.5 Å². The van der Waals surface area contributed by atoms with E-state index in [0.29, 0.717) is 27.9 Å². The summed E-state index contributed by atoms with van der Waals surface area (Å²) in [5.41, 5.74) is 3.72. The SMILES string of the molecule is CNS(=O)(=O)c1ccc2nc(-c3cncn3C)n(-c3ccc4[nH]c(=O)[nH]c4c3)c2c1. The van der Waals surface area contributed by atoms with Gasteiger partial charge in [-0.05, 0) is 43.4 Å². The van der Waals surface area contributed by atoms with Gasteiger partial charge in [0.15, 0.2) is 5.82 Å². The minimum atomic E-state index is -3.63. The first-order chi connectivity index (χ1) is 14.4. The number of nitrogens with zero attached hydrogens (tertiary/aromatic N) is 4. The van der Waals surface area contributed by atoms with Crippen LogP contribution in [0.1, 0.15) is 0 Å². The molecule has 0 unspecified atom stereocenters. The molecular formula is C19H17N7O3S. The van der Waals surface area contributed by atoms with Crippen LogP contribution in [0.5, 0.6) is 0 Å². The Bertz CT molecular complexity index is 1590. The molecule has 0 radical (unpaired) electrons. The Labute approximate surface area is 170 Å². The Morgan fingerprint density at radius 3 is 2.60 bits per heavy atom. The number of hydrogen-bond donors (Lipinski definition) is 3. The molecule has 0 atom stereocenters. The first-order valence-electron chi connectivity index (χ1n) is 9.02. The minimum absolute atomic E-state index is 0.131. The summed E-state index contributed by atoms with van der Waals surface area (Å²) in [5, 5.41) is 0. The number of hydrogen-bond acceptors (Lipinski definition) is 5. The second-order valence-corrected chi connectivity index (χ2v) is 8.71. The van der Waals surface area contributed by atoms with Crippen molar-refractivity contribution < 1.29 is 8.42 Å². The quantitative estimate of drug-likeness (QED) is 0.403. The Hall–Kier alpha value is -3.70. The van der Waals surface area contributed by atoms with Crippen LogP contribution in [0.25, 0.3) is 39.3 Å². The summed E-state index contributed by atoms with van der Waals surface area (Å²) in [6.07, 6.45) is 3.36. The Morgan fingerprint density at radius 1 is 1.07 bits per heavy atom. The summed E-state index contributed by atoms with van der Waals surface area (Å²) in [5.74, 6) is 0.598. The Kier molecular flexibility index (Phi) is 3.91. The lowest BCUT2D eigenvalue weighted by molar-refractivity contribution is 0.588. The van der Waals surface area contributed by atoms with Crippen LogP contribution in [0.2, 0.25) is 0 Å². The van der Waals surface area contributed by atoms with Crippen LogP contribution in [0.4, 0.5) is 0 Å². The molecule has 3 aromatic heterocycles. The Morgan fingerprint density at radius 2 is 1.87 bits per heavy atom. The third kappa shape index (κ3) is 2.75.